The molecule has 0 radical (unpaired) electrons. The third-order valence-corrected chi connectivity index (χ3v) is 4.43. The van der Waals surface area contributed by atoms with Crippen LogP contribution < -0.4 is 5.32 Å². The van der Waals surface area contributed by atoms with E-state index in [1.54, 1.807) is 0 Å². The Balaban J connectivity index is 2.36. The van der Waals surface area contributed by atoms with Crippen LogP contribution in [0.2, 0.25) is 0 Å². The van der Waals surface area contributed by atoms with Gasteiger partial charge in [-0.3, -0.25) is 4.79 Å². The van der Waals surface area contributed by atoms with Gasteiger partial charge in [-0.2, -0.15) is 0 Å². The van der Waals surface area contributed by atoms with Crippen molar-refractivity contribution in [2.45, 2.75) is 57.4 Å². The number of carbonyl (C=O) groups is 2. The average Bonchev–Trinajstić information content (AvgIpc) is 2.77. The van der Waals surface area contributed by atoms with Crippen LogP contribution in [0.25, 0.3) is 0 Å². The molecule has 0 aromatic carbocycles. The molecule has 2 N–H and O–H groups in total. The molecular weight excluding hydrogens is 206 g/mol. The van der Waals surface area contributed by atoms with Crippen LogP contribution in [0.1, 0.15) is 51.9 Å². The summed E-state index contributed by atoms with van der Waals surface area (Å²) in [7, 11) is 0. The third kappa shape index (κ3) is 1.43. The van der Waals surface area contributed by atoms with Crippen molar-refractivity contribution in [2.75, 3.05) is 0 Å². The van der Waals surface area contributed by atoms with Gasteiger partial charge in [0.1, 0.15) is 5.54 Å². The zero-order chi connectivity index (χ0) is 11.8. The highest BCUT2D eigenvalue weighted by atomic mass is 16.4. The lowest BCUT2D eigenvalue weighted by Gasteiger charge is -2.40. The SMILES string of the molecule is CC(=O)NC1(C(=O)O)CCCC12CCCC2. The Morgan fingerprint density at radius 3 is 2.12 bits per heavy atom. The Kier molecular flexibility index (Phi) is 2.68. The van der Waals surface area contributed by atoms with Crippen LogP contribution in [0.15, 0.2) is 0 Å². The molecule has 90 valence electrons. The van der Waals surface area contributed by atoms with Crippen LogP contribution in [-0.2, 0) is 9.59 Å². The van der Waals surface area contributed by atoms with Crippen molar-refractivity contribution in [3.63, 3.8) is 0 Å². The third-order valence-electron chi connectivity index (χ3n) is 4.43. The highest BCUT2D eigenvalue weighted by molar-refractivity contribution is 5.87. The van der Waals surface area contributed by atoms with Crippen molar-refractivity contribution in [3.05, 3.63) is 0 Å². The van der Waals surface area contributed by atoms with E-state index < -0.39 is 11.5 Å². The lowest BCUT2D eigenvalue weighted by molar-refractivity contribution is -0.152. The van der Waals surface area contributed by atoms with Gasteiger partial charge in [-0.1, -0.05) is 12.8 Å². The second kappa shape index (κ2) is 3.75. The van der Waals surface area contributed by atoms with Gasteiger partial charge < -0.3 is 10.4 Å². The van der Waals surface area contributed by atoms with E-state index in [1.165, 1.54) is 6.92 Å². The van der Waals surface area contributed by atoms with E-state index in [0.717, 1.165) is 38.5 Å². The molecule has 16 heavy (non-hydrogen) atoms. The summed E-state index contributed by atoms with van der Waals surface area (Å²) in [5.41, 5.74) is -1.17. The van der Waals surface area contributed by atoms with E-state index in [1.807, 2.05) is 0 Å². The summed E-state index contributed by atoms with van der Waals surface area (Å²) in [4.78, 5) is 22.9. The molecular formula is C12H19NO3. The fourth-order valence-electron chi connectivity index (χ4n) is 3.78. The number of hydrogen-bond donors (Lipinski definition) is 2. The summed E-state index contributed by atoms with van der Waals surface area (Å²) < 4.78 is 0. The number of nitrogens with one attached hydrogen (secondary N) is 1. The number of carboxylic acid groups (broad SMARTS) is 1. The second-order valence-corrected chi connectivity index (χ2v) is 5.23. The molecule has 4 heteroatoms. The van der Waals surface area contributed by atoms with Crippen LogP contribution in [0.5, 0.6) is 0 Å². The maximum Gasteiger partial charge on any atom is 0.330 e. The number of amides is 1. The summed E-state index contributed by atoms with van der Waals surface area (Å²) >= 11 is 0. The minimum Gasteiger partial charge on any atom is -0.479 e. The Labute approximate surface area is 95.4 Å². The molecule has 2 saturated carbocycles. The molecule has 0 aromatic heterocycles. The number of aliphatic carboxylic acids is 1. The van der Waals surface area contributed by atoms with Gasteiger partial charge in [-0.25, -0.2) is 4.79 Å². The molecule has 0 aliphatic heterocycles. The second-order valence-electron chi connectivity index (χ2n) is 5.23. The number of rotatable bonds is 2. The van der Waals surface area contributed by atoms with Gasteiger partial charge in [0.05, 0.1) is 0 Å². The zero-order valence-electron chi connectivity index (χ0n) is 9.71. The molecule has 1 spiro atoms. The normalized spacial score (nSPS) is 31.8. The predicted molar refractivity (Wildman–Crippen MR) is 58.9 cm³/mol. The summed E-state index contributed by atoms with van der Waals surface area (Å²) in [6.45, 7) is 1.41. The van der Waals surface area contributed by atoms with Crippen molar-refractivity contribution in [1.29, 1.82) is 0 Å². The van der Waals surface area contributed by atoms with Crippen molar-refractivity contribution in [1.82, 2.24) is 5.32 Å². The lowest BCUT2D eigenvalue weighted by atomic mass is 9.70. The molecule has 2 aliphatic rings. The van der Waals surface area contributed by atoms with Crippen LogP contribution in [0.4, 0.5) is 0 Å². The van der Waals surface area contributed by atoms with E-state index in [0.29, 0.717) is 6.42 Å². The molecule has 4 nitrogen and oxygen atoms in total. The quantitative estimate of drug-likeness (QED) is 0.751. The maximum absolute atomic E-state index is 11.6. The average molecular weight is 225 g/mol. The fraction of sp³-hybridized carbons (Fsp3) is 0.833. The van der Waals surface area contributed by atoms with E-state index in [-0.39, 0.29) is 11.3 Å². The number of carboxylic acids is 1. The first-order chi connectivity index (χ1) is 7.52. The number of hydrogen-bond acceptors (Lipinski definition) is 2. The fourth-order valence-corrected chi connectivity index (χ4v) is 3.78. The maximum atomic E-state index is 11.6. The first kappa shape index (κ1) is 11.4. The molecule has 2 fully saturated rings. The lowest BCUT2D eigenvalue weighted by Crippen LogP contribution is -2.61. The Bertz CT molecular complexity index is 315. The molecule has 0 heterocycles. The van der Waals surface area contributed by atoms with E-state index >= 15 is 0 Å². The first-order valence-electron chi connectivity index (χ1n) is 6.05. The minimum atomic E-state index is -0.991. The largest absolute Gasteiger partial charge is 0.479 e. The summed E-state index contributed by atoms with van der Waals surface area (Å²) in [6.07, 6.45) is 6.51. The molecule has 2 rings (SSSR count). The predicted octanol–water partition coefficient (Wildman–Crippen LogP) is 1.69. The van der Waals surface area contributed by atoms with Crippen LogP contribution >= 0.6 is 0 Å². The van der Waals surface area contributed by atoms with Crippen molar-refractivity contribution in [3.8, 4) is 0 Å². The van der Waals surface area contributed by atoms with E-state index in [4.69, 9.17) is 0 Å². The molecule has 2 aliphatic carbocycles. The Hall–Kier alpha value is -1.06. The summed E-state index contributed by atoms with van der Waals surface area (Å²) in [6, 6.07) is 0. The smallest absolute Gasteiger partial charge is 0.330 e. The van der Waals surface area contributed by atoms with Crippen molar-refractivity contribution in [2.24, 2.45) is 5.41 Å². The molecule has 1 unspecified atom stereocenters. The van der Waals surface area contributed by atoms with Gasteiger partial charge in [-0.15, -0.1) is 0 Å². The molecule has 0 saturated heterocycles. The number of carbonyl (C=O) groups excluding carboxylic acids is 1. The highest BCUT2D eigenvalue weighted by Gasteiger charge is 2.60. The van der Waals surface area contributed by atoms with Gasteiger partial charge in [0.15, 0.2) is 0 Å². The molecule has 0 aromatic rings. The van der Waals surface area contributed by atoms with Crippen LogP contribution in [-0.4, -0.2) is 22.5 Å². The standard InChI is InChI=1S/C12H19NO3/c1-9(14)13-12(10(15)16)8-4-7-11(12)5-2-3-6-11/h2-8H2,1H3,(H,13,14)(H,15,16). The van der Waals surface area contributed by atoms with Crippen LogP contribution in [0, 0.1) is 5.41 Å². The van der Waals surface area contributed by atoms with Gasteiger partial charge in [0, 0.05) is 12.3 Å². The van der Waals surface area contributed by atoms with Gasteiger partial charge in [-0.05, 0) is 32.1 Å². The van der Waals surface area contributed by atoms with E-state index in [2.05, 4.69) is 5.32 Å². The first-order valence-corrected chi connectivity index (χ1v) is 6.05. The van der Waals surface area contributed by atoms with Crippen LogP contribution in [0.3, 0.4) is 0 Å². The Morgan fingerprint density at radius 1 is 1.06 bits per heavy atom. The van der Waals surface area contributed by atoms with E-state index in [9.17, 15) is 14.7 Å². The summed E-state index contributed by atoms with van der Waals surface area (Å²) in [5.74, 6) is -1.07. The van der Waals surface area contributed by atoms with Gasteiger partial charge >= 0.3 is 5.97 Å². The van der Waals surface area contributed by atoms with Crippen molar-refractivity contribution < 1.29 is 14.7 Å². The molecule has 0 bridgehead atoms. The molecule has 1 amide bonds. The molecule has 1 atom stereocenters. The zero-order valence-corrected chi connectivity index (χ0v) is 9.71. The topological polar surface area (TPSA) is 66.4 Å². The van der Waals surface area contributed by atoms with Gasteiger partial charge in [0.2, 0.25) is 5.91 Å². The van der Waals surface area contributed by atoms with Gasteiger partial charge in [0.25, 0.3) is 0 Å². The Morgan fingerprint density at radius 2 is 1.62 bits per heavy atom. The summed E-state index contributed by atoms with van der Waals surface area (Å²) in [5, 5.41) is 12.3. The minimum absolute atomic E-state index is 0.176. The highest BCUT2D eigenvalue weighted by Crippen LogP contribution is 2.56. The monoisotopic (exact) mass is 225 g/mol. The van der Waals surface area contributed by atoms with Crippen molar-refractivity contribution >= 4 is 11.9 Å².